The van der Waals surface area contributed by atoms with Gasteiger partial charge in [-0.3, -0.25) is 0 Å². The monoisotopic (exact) mass is 268 g/mol. The number of rotatable bonds is 3. The number of nitrogens with one attached hydrogen (secondary N) is 1. The van der Waals surface area contributed by atoms with Crippen molar-refractivity contribution in [1.29, 1.82) is 0 Å². The van der Waals surface area contributed by atoms with Crippen molar-refractivity contribution in [3.05, 3.63) is 29.8 Å². The number of hydrogen-bond acceptors (Lipinski definition) is 4. The van der Waals surface area contributed by atoms with Crippen LogP contribution in [0.15, 0.2) is 29.2 Å². The third-order valence-electron chi connectivity index (χ3n) is 3.48. The SMILES string of the molecule is CS(=O)(=O)c1ccc(C(N)C2CCCCN2)cc1. The summed E-state index contributed by atoms with van der Waals surface area (Å²) >= 11 is 0. The predicted molar refractivity (Wildman–Crippen MR) is 72.1 cm³/mol. The van der Waals surface area contributed by atoms with Crippen LogP contribution in [-0.2, 0) is 9.84 Å². The van der Waals surface area contributed by atoms with E-state index in [1.807, 2.05) is 12.1 Å². The molecule has 3 N–H and O–H groups in total. The molecule has 1 aliphatic rings. The van der Waals surface area contributed by atoms with E-state index in [-0.39, 0.29) is 6.04 Å². The molecule has 1 heterocycles. The number of nitrogens with two attached hydrogens (primary N) is 1. The Hall–Kier alpha value is -0.910. The second kappa shape index (κ2) is 5.38. The quantitative estimate of drug-likeness (QED) is 0.865. The average molecular weight is 268 g/mol. The van der Waals surface area contributed by atoms with Gasteiger partial charge in [-0.2, -0.15) is 0 Å². The Bertz CT molecular complexity index is 490. The molecule has 4 nitrogen and oxygen atoms in total. The molecule has 0 saturated carbocycles. The second-order valence-electron chi connectivity index (χ2n) is 4.92. The lowest BCUT2D eigenvalue weighted by molar-refractivity contribution is 0.353. The molecule has 1 aromatic carbocycles. The average Bonchev–Trinajstić information content (AvgIpc) is 2.38. The van der Waals surface area contributed by atoms with Crippen molar-refractivity contribution in [2.24, 2.45) is 5.73 Å². The number of sulfone groups is 1. The highest BCUT2D eigenvalue weighted by Crippen LogP contribution is 2.22. The van der Waals surface area contributed by atoms with Crippen molar-refractivity contribution >= 4 is 9.84 Å². The van der Waals surface area contributed by atoms with Crippen LogP contribution in [-0.4, -0.2) is 27.3 Å². The van der Waals surface area contributed by atoms with Gasteiger partial charge >= 0.3 is 0 Å². The van der Waals surface area contributed by atoms with Gasteiger partial charge in [0.2, 0.25) is 0 Å². The van der Waals surface area contributed by atoms with Gasteiger partial charge in [-0.1, -0.05) is 18.6 Å². The summed E-state index contributed by atoms with van der Waals surface area (Å²) in [7, 11) is -3.13. The van der Waals surface area contributed by atoms with Crippen LogP contribution >= 0.6 is 0 Å². The molecule has 1 saturated heterocycles. The molecule has 2 unspecified atom stereocenters. The lowest BCUT2D eigenvalue weighted by Gasteiger charge is -2.29. The molecule has 0 radical (unpaired) electrons. The normalized spacial score (nSPS) is 22.7. The van der Waals surface area contributed by atoms with Crippen LogP contribution in [0.25, 0.3) is 0 Å². The molecule has 0 bridgehead atoms. The molecular formula is C13H20N2O2S. The first-order valence-electron chi connectivity index (χ1n) is 6.27. The minimum Gasteiger partial charge on any atom is -0.323 e. The molecule has 5 heteroatoms. The zero-order valence-corrected chi connectivity index (χ0v) is 11.4. The topological polar surface area (TPSA) is 72.2 Å². The van der Waals surface area contributed by atoms with E-state index in [9.17, 15) is 8.42 Å². The Labute approximate surface area is 108 Å². The minimum absolute atomic E-state index is 0.0705. The highest BCUT2D eigenvalue weighted by molar-refractivity contribution is 7.90. The summed E-state index contributed by atoms with van der Waals surface area (Å²) in [6, 6.07) is 7.12. The largest absolute Gasteiger partial charge is 0.323 e. The highest BCUT2D eigenvalue weighted by atomic mass is 32.2. The fourth-order valence-corrected chi connectivity index (χ4v) is 2.99. The Morgan fingerprint density at radius 2 is 1.94 bits per heavy atom. The van der Waals surface area contributed by atoms with Crippen LogP contribution in [0.5, 0.6) is 0 Å². The minimum atomic E-state index is -3.13. The zero-order valence-electron chi connectivity index (χ0n) is 10.6. The lowest BCUT2D eigenvalue weighted by atomic mass is 9.93. The van der Waals surface area contributed by atoms with Crippen LogP contribution in [0, 0.1) is 0 Å². The van der Waals surface area contributed by atoms with E-state index in [1.54, 1.807) is 12.1 Å². The van der Waals surface area contributed by atoms with Crippen molar-refractivity contribution in [3.63, 3.8) is 0 Å². The molecule has 18 heavy (non-hydrogen) atoms. The van der Waals surface area contributed by atoms with E-state index >= 15 is 0 Å². The van der Waals surface area contributed by atoms with E-state index in [4.69, 9.17) is 5.73 Å². The molecule has 1 aromatic rings. The first kappa shape index (κ1) is 13.5. The van der Waals surface area contributed by atoms with Gasteiger partial charge in [0.15, 0.2) is 9.84 Å². The van der Waals surface area contributed by atoms with Gasteiger partial charge < -0.3 is 11.1 Å². The van der Waals surface area contributed by atoms with Crippen LogP contribution in [0.2, 0.25) is 0 Å². The van der Waals surface area contributed by atoms with Crippen molar-refractivity contribution < 1.29 is 8.42 Å². The summed E-state index contributed by atoms with van der Waals surface area (Å²) in [5.41, 5.74) is 7.20. The van der Waals surface area contributed by atoms with E-state index in [0.29, 0.717) is 10.9 Å². The molecule has 2 atom stereocenters. The maximum Gasteiger partial charge on any atom is 0.175 e. The summed E-state index contributed by atoms with van der Waals surface area (Å²) in [6.07, 6.45) is 4.70. The van der Waals surface area contributed by atoms with Gasteiger partial charge in [-0.05, 0) is 37.1 Å². The fourth-order valence-electron chi connectivity index (χ4n) is 2.35. The van der Waals surface area contributed by atoms with E-state index in [1.165, 1.54) is 19.1 Å². The Morgan fingerprint density at radius 1 is 1.28 bits per heavy atom. The van der Waals surface area contributed by atoms with Crippen LogP contribution in [0.1, 0.15) is 30.9 Å². The van der Waals surface area contributed by atoms with Crippen molar-refractivity contribution in [3.8, 4) is 0 Å². The predicted octanol–water partition coefficient (Wildman–Crippen LogP) is 1.23. The molecular weight excluding hydrogens is 248 g/mol. The van der Waals surface area contributed by atoms with Crippen LogP contribution < -0.4 is 11.1 Å². The van der Waals surface area contributed by atoms with Crippen molar-refractivity contribution in [2.75, 3.05) is 12.8 Å². The Kier molecular flexibility index (Phi) is 4.04. The van der Waals surface area contributed by atoms with Gasteiger partial charge in [0.25, 0.3) is 0 Å². The van der Waals surface area contributed by atoms with Crippen LogP contribution in [0.3, 0.4) is 0 Å². The molecule has 0 amide bonds. The maximum absolute atomic E-state index is 11.4. The standard InChI is InChI=1S/C13H20N2O2S/c1-18(16,17)11-7-5-10(6-8-11)13(14)12-4-2-3-9-15-12/h5-8,12-13,15H,2-4,9,14H2,1H3. The third kappa shape index (κ3) is 3.10. The fraction of sp³-hybridized carbons (Fsp3) is 0.538. The van der Waals surface area contributed by atoms with Crippen molar-refractivity contribution in [2.45, 2.75) is 36.2 Å². The molecule has 1 aliphatic heterocycles. The van der Waals surface area contributed by atoms with E-state index in [2.05, 4.69) is 5.32 Å². The molecule has 100 valence electrons. The summed E-state index contributed by atoms with van der Waals surface area (Å²) in [5.74, 6) is 0. The summed E-state index contributed by atoms with van der Waals surface area (Å²) in [5, 5.41) is 3.42. The van der Waals surface area contributed by atoms with Crippen LogP contribution in [0.4, 0.5) is 0 Å². The number of piperidine rings is 1. The first-order chi connectivity index (χ1) is 8.48. The van der Waals surface area contributed by atoms with Gasteiger partial charge in [-0.25, -0.2) is 8.42 Å². The number of hydrogen-bond donors (Lipinski definition) is 2. The van der Waals surface area contributed by atoms with Gasteiger partial charge in [0, 0.05) is 18.3 Å². The van der Waals surface area contributed by atoms with Gasteiger partial charge in [0.1, 0.15) is 0 Å². The molecule has 0 aromatic heterocycles. The van der Waals surface area contributed by atoms with E-state index < -0.39 is 9.84 Å². The lowest BCUT2D eigenvalue weighted by Crippen LogP contribution is -2.42. The molecule has 0 aliphatic carbocycles. The Balaban J connectivity index is 2.13. The van der Waals surface area contributed by atoms with Gasteiger partial charge in [0.05, 0.1) is 4.90 Å². The first-order valence-corrected chi connectivity index (χ1v) is 8.16. The zero-order chi connectivity index (χ0) is 13.2. The highest BCUT2D eigenvalue weighted by Gasteiger charge is 2.21. The summed E-state index contributed by atoms with van der Waals surface area (Å²) in [6.45, 7) is 1.01. The maximum atomic E-state index is 11.4. The van der Waals surface area contributed by atoms with Gasteiger partial charge in [-0.15, -0.1) is 0 Å². The second-order valence-corrected chi connectivity index (χ2v) is 6.94. The summed E-state index contributed by atoms with van der Waals surface area (Å²) < 4.78 is 22.7. The number of benzene rings is 1. The Morgan fingerprint density at radius 3 is 2.44 bits per heavy atom. The van der Waals surface area contributed by atoms with Crippen molar-refractivity contribution in [1.82, 2.24) is 5.32 Å². The molecule has 2 rings (SSSR count). The van der Waals surface area contributed by atoms with E-state index in [0.717, 1.165) is 18.5 Å². The molecule has 1 fully saturated rings. The smallest absolute Gasteiger partial charge is 0.175 e. The summed E-state index contributed by atoms with van der Waals surface area (Å²) in [4.78, 5) is 0.343. The molecule has 0 spiro atoms. The third-order valence-corrected chi connectivity index (χ3v) is 4.60.